The molecule has 6 heteroatoms. The van der Waals surface area contributed by atoms with Gasteiger partial charge in [0.05, 0.1) is 0 Å². The number of nitrogens with two attached hydrogens (primary N) is 2. The zero-order valence-electron chi connectivity index (χ0n) is 8.47. The molecular weight excluding hydrogens is 226 g/mol. The summed E-state index contributed by atoms with van der Waals surface area (Å²) in [6.07, 6.45) is 0.311. The Morgan fingerprint density at radius 2 is 2.31 bits per heavy atom. The molecule has 0 bridgehead atoms. The van der Waals surface area contributed by atoms with Crippen molar-refractivity contribution in [1.29, 1.82) is 0 Å². The van der Waals surface area contributed by atoms with E-state index >= 15 is 0 Å². The lowest BCUT2D eigenvalue weighted by Crippen LogP contribution is -2.10. The number of carbonyl (C=O) groups is 1. The van der Waals surface area contributed by atoms with Gasteiger partial charge in [0.15, 0.2) is 5.58 Å². The molecule has 0 fully saturated rings. The molecule has 4 N–H and O–H groups in total. The van der Waals surface area contributed by atoms with Crippen molar-refractivity contribution >= 4 is 34.5 Å². The summed E-state index contributed by atoms with van der Waals surface area (Å²) in [5.41, 5.74) is 12.7. The number of hydrogen-bond acceptors (Lipinski definition) is 5. The van der Waals surface area contributed by atoms with Crippen LogP contribution in [0, 0.1) is 0 Å². The molecule has 1 aromatic heterocycles. The van der Waals surface area contributed by atoms with Crippen LogP contribution in [0.2, 0.25) is 0 Å². The molecule has 0 spiro atoms. The maximum atomic E-state index is 10.5. The van der Waals surface area contributed by atoms with E-state index < -0.39 is 0 Å². The number of fused-ring (bicyclic) bond motifs is 1. The van der Waals surface area contributed by atoms with Gasteiger partial charge in [-0.3, -0.25) is 4.79 Å². The minimum absolute atomic E-state index is 0.311. The van der Waals surface area contributed by atoms with E-state index in [0.717, 1.165) is 5.52 Å². The Balaban J connectivity index is 2.10. The molecule has 0 unspecified atom stereocenters. The molecule has 0 radical (unpaired) electrons. The molecule has 1 aromatic carbocycles. The largest absolute Gasteiger partial charge is 0.431 e. The number of thioether (sulfide) groups is 1. The second-order valence-electron chi connectivity index (χ2n) is 3.27. The summed E-state index contributed by atoms with van der Waals surface area (Å²) in [6, 6.07) is 5.28. The summed E-state index contributed by atoms with van der Waals surface area (Å²) >= 11 is 1.36. The predicted molar refractivity (Wildman–Crippen MR) is 63.0 cm³/mol. The number of nitrogen functional groups attached to an aromatic ring is 1. The molecular formula is C10H11N3O2S. The van der Waals surface area contributed by atoms with Gasteiger partial charge in [-0.25, -0.2) is 4.98 Å². The van der Waals surface area contributed by atoms with E-state index in [9.17, 15) is 4.79 Å². The second-order valence-corrected chi connectivity index (χ2v) is 4.32. The third kappa shape index (κ3) is 2.46. The third-order valence-electron chi connectivity index (χ3n) is 1.97. The number of aromatic nitrogens is 1. The molecule has 0 aliphatic carbocycles. The molecule has 0 saturated heterocycles. The number of amides is 1. The number of anilines is 1. The van der Waals surface area contributed by atoms with Crippen molar-refractivity contribution in [2.45, 2.75) is 11.6 Å². The first-order chi connectivity index (χ1) is 7.65. The van der Waals surface area contributed by atoms with Crippen molar-refractivity contribution < 1.29 is 9.21 Å². The van der Waals surface area contributed by atoms with Crippen molar-refractivity contribution in [3.05, 3.63) is 18.2 Å². The van der Waals surface area contributed by atoms with Crippen molar-refractivity contribution in [1.82, 2.24) is 4.98 Å². The van der Waals surface area contributed by atoms with Crippen LogP contribution < -0.4 is 11.5 Å². The summed E-state index contributed by atoms with van der Waals surface area (Å²) in [5.74, 6) is 0.241. The van der Waals surface area contributed by atoms with Gasteiger partial charge >= 0.3 is 0 Å². The van der Waals surface area contributed by atoms with Crippen LogP contribution in [0.5, 0.6) is 0 Å². The van der Waals surface area contributed by atoms with Crippen LogP contribution in [-0.2, 0) is 4.79 Å². The van der Waals surface area contributed by atoms with Gasteiger partial charge in [0, 0.05) is 17.9 Å². The standard InChI is InChI=1S/C10H11N3O2S/c11-6-1-2-8-7(5-6)13-10(15-8)16-4-3-9(12)14/h1-2,5H,3-4,11H2,(H2,12,14). The van der Waals surface area contributed by atoms with E-state index in [2.05, 4.69) is 4.98 Å². The molecule has 2 aromatic rings. The first kappa shape index (κ1) is 10.8. The second kappa shape index (κ2) is 4.44. The first-order valence-electron chi connectivity index (χ1n) is 4.72. The zero-order chi connectivity index (χ0) is 11.5. The van der Waals surface area contributed by atoms with E-state index in [1.165, 1.54) is 11.8 Å². The normalized spacial score (nSPS) is 10.8. The van der Waals surface area contributed by atoms with Crippen molar-refractivity contribution in [2.24, 2.45) is 5.73 Å². The molecule has 1 heterocycles. The fraction of sp³-hybridized carbons (Fsp3) is 0.200. The molecule has 5 nitrogen and oxygen atoms in total. The molecule has 0 aliphatic heterocycles. The van der Waals surface area contributed by atoms with Crippen molar-refractivity contribution in [3.63, 3.8) is 0 Å². The molecule has 0 aliphatic rings. The van der Waals surface area contributed by atoms with Gasteiger partial charge in [0.25, 0.3) is 5.22 Å². The number of hydrogen-bond donors (Lipinski definition) is 2. The molecule has 0 saturated carbocycles. The highest BCUT2D eigenvalue weighted by Gasteiger charge is 2.06. The quantitative estimate of drug-likeness (QED) is 0.618. The van der Waals surface area contributed by atoms with Crippen LogP contribution in [0.25, 0.3) is 11.1 Å². The molecule has 1 amide bonds. The number of rotatable bonds is 4. The van der Waals surface area contributed by atoms with Gasteiger partial charge in [-0.05, 0) is 18.2 Å². The highest BCUT2D eigenvalue weighted by molar-refractivity contribution is 7.99. The van der Waals surface area contributed by atoms with E-state index in [0.29, 0.717) is 28.7 Å². The van der Waals surface area contributed by atoms with Gasteiger partial charge in [0.2, 0.25) is 5.91 Å². The highest BCUT2D eigenvalue weighted by Crippen LogP contribution is 2.24. The van der Waals surface area contributed by atoms with Gasteiger partial charge in [-0.1, -0.05) is 11.8 Å². The summed E-state index contributed by atoms with van der Waals surface area (Å²) in [4.78, 5) is 14.8. The maximum absolute atomic E-state index is 10.5. The number of carbonyl (C=O) groups excluding carboxylic acids is 1. The van der Waals surface area contributed by atoms with Gasteiger partial charge in [0.1, 0.15) is 5.52 Å². The Bertz CT molecular complexity index is 524. The first-order valence-corrected chi connectivity index (χ1v) is 5.71. The maximum Gasteiger partial charge on any atom is 0.256 e. The lowest BCUT2D eigenvalue weighted by Gasteiger charge is -1.91. The average Bonchev–Trinajstić information content (AvgIpc) is 2.58. The van der Waals surface area contributed by atoms with Crippen LogP contribution in [0.3, 0.4) is 0 Å². The number of nitrogens with zero attached hydrogens (tertiary/aromatic N) is 1. The SMILES string of the molecule is NC(=O)CCSc1nc2cc(N)ccc2o1. The fourth-order valence-electron chi connectivity index (χ4n) is 1.22. The molecule has 2 rings (SSSR count). The van der Waals surface area contributed by atoms with Crippen LogP contribution in [0.1, 0.15) is 6.42 Å². The Morgan fingerprint density at radius 3 is 3.06 bits per heavy atom. The van der Waals surface area contributed by atoms with E-state index in [1.807, 2.05) is 0 Å². The van der Waals surface area contributed by atoms with Crippen LogP contribution in [0.15, 0.2) is 27.8 Å². The molecule has 84 valence electrons. The number of benzene rings is 1. The van der Waals surface area contributed by atoms with Crippen LogP contribution >= 0.6 is 11.8 Å². The van der Waals surface area contributed by atoms with Gasteiger partial charge in [-0.15, -0.1) is 0 Å². The smallest absolute Gasteiger partial charge is 0.256 e. The Morgan fingerprint density at radius 1 is 1.50 bits per heavy atom. The Hall–Kier alpha value is -1.69. The summed E-state index contributed by atoms with van der Waals surface area (Å²) in [7, 11) is 0. The molecule has 0 atom stereocenters. The fourth-order valence-corrected chi connectivity index (χ4v) is 2.01. The zero-order valence-corrected chi connectivity index (χ0v) is 9.29. The minimum Gasteiger partial charge on any atom is -0.431 e. The Kier molecular flexibility index (Phi) is 3.00. The van der Waals surface area contributed by atoms with E-state index in [1.54, 1.807) is 18.2 Å². The van der Waals surface area contributed by atoms with Crippen molar-refractivity contribution in [2.75, 3.05) is 11.5 Å². The minimum atomic E-state index is -0.326. The Labute approximate surface area is 96.2 Å². The average molecular weight is 237 g/mol. The summed E-state index contributed by atoms with van der Waals surface area (Å²) in [5, 5.41) is 0.529. The van der Waals surface area contributed by atoms with Gasteiger partial charge < -0.3 is 15.9 Å². The topological polar surface area (TPSA) is 95.1 Å². The lowest BCUT2D eigenvalue weighted by atomic mass is 10.3. The van der Waals surface area contributed by atoms with Crippen LogP contribution in [0.4, 0.5) is 5.69 Å². The molecule has 16 heavy (non-hydrogen) atoms. The van der Waals surface area contributed by atoms with E-state index in [4.69, 9.17) is 15.9 Å². The van der Waals surface area contributed by atoms with Gasteiger partial charge in [-0.2, -0.15) is 0 Å². The van der Waals surface area contributed by atoms with E-state index in [-0.39, 0.29) is 5.91 Å². The number of oxazole rings is 1. The predicted octanol–water partition coefficient (Wildman–Crippen LogP) is 1.38. The number of primary amides is 1. The van der Waals surface area contributed by atoms with Crippen LogP contribution in [-0.4, -0.2) is 16.6 Å². The summed E-state index contributed by atoms with van der Waals surface area (Å²) in [6.45, 7) is 0. The summed E-state index contributed by atoms with van der Waals surface area (Å²) < 4.78 is 5.45. The lowest BCUT2D eigenvalue weighted by molar-refractivity contribution is -0.117. The van der Waals surface area contributed by atoms with Crippen molar-refractivity contribution in [3.8, 4) is 0 Å². The monoisotopic (exact) mass is 237 g/mol. The highest BCUT2D eigenvalue weighted by atomic mass is 32.2. The third-order valence-corrected chi connectivity index (χ3v) is 2.80.